The molecule has 0 radical (unpaired) electrons. The smallest absolute Gasteiger partial charge is 0.395 e. The van der Waals surface area contributed by atoms with Gasteiger partial charge < -0.3 is 24.3 Å². The Morgan fingerprint density at radius 2 is 1.89 bits per heavy atom. The maximum atomic E-state index is 15.4. The standard InChI is InChI=1S/C28H30F3NO5/c1-4-26(2,3)24-10-17-9-16(20(29)13-21(17)32(24)14-19(34)15-33)11-25(35)27(7-8-27)18-5-6-22-23(12-18)37-28(30,31)36-22/h5-6,9-10,12-13,19,33-34H,4,7-8,11,14-15H2,1-3H3/t19-/m1/s1/i15D2. The van der Waals surface area contributed by atoms with Gasteiger partial charge in [0.1, 0.15) is 11.6 Å². The van der Waals surface area contributed by atoms with Crippen LogP contribution in [0, 0.1) is 5.82 Å². The number of hydrogen-bond donors (Lipinski definition) is 2. The van der Waals surface area contributed by atoms with Gasteiger partial charge in [0.15, 0.2) is 11.5 Å². The van der Waals surface area contributed by atoms with Crippen molar-refractivity contribution in [1.82, 2.24) is 4.57 Å². The SMILES string of the molecule is [2H]C([2H])(O)[C@H](O)Cn1c(C(C)(C)CC)cc2cc(CC(=O)C3(c4ccc5c(c4)OC(F)(F)O5)CC3)c(F)cc21. The van der Waals surface area contributed by atoms with E-state index in [0.29, 0.717) is 35.7 Å². The molecule has 0 amide bonds. The summed E-state index contributed by atoms with van der Waals surface area (Å²) >= 11 is 0. The Bertz CT molecular complexity index is 1460. The van der Waals surface area contributed by atoms with Crippen molar-refractivity contribution in [2.45, 2.75) is 76.2 Å². The minimum Gasteiger partial charge on any atom is -0.395 e. The fourth-order valence-corrected chi connectivity index (χ4v) is 5.06. The topological polar surface area (TPSA) is 80.9 Å². The van der Waals surface area contributed by atoms with E-state index in [1.807, 2.05) is 26.8 Å². The number of benzene rings is 2. The first-order chi connectivity index (χ1) is 18.1. The third-order valence-electron chi connectivity index (χ3n) is 7.74. The van der Waals surface area contributed by atoms with E-state index in [-0.39, 0.29) is 35.8 Å². The number of hydrogen-bond acceptors (Lipinski definition) is 5. The van der Waals surface area contributed by atoms with Gasteiger partial charge in [0.05, 0.1) is 32.9 Å². The van der Waals surface area contributed by atoms with Crippen molar-refractivity contribution in [1.29, 1.82) is 0 Å². The van der Waals surface area contributed by atoms with Gasteiger partial charge in [-0.3, -0.25) is 4.79 Å². The lowest BCUT2D eigenvalue weighted by atomic mass is 9.86. The van der Waals surface area contributed by atoms with Crippen LogP contribution in [0.2, 0.25) is 0 Å². The molecule has 9 heteroatoms. The molecule has 0 unspecified atom stereocenters. The molecule has 1 aliphatic carbocycles. The monoisotopic (exact) mass is 519 g/mol. The maximum Gasteiger partial charge on any atom is 0.586 e. The zero-order valence-corrected chi connectivity index (χ0v) is 20.8. The van der Waals surface area contributed by atoms with E-state index in [9.17, 15) is 23.8 Å². The van der Waals surface area contributed by atoms with Crippen LogP contribution < -0.4 is 9.47 Å². The average Bonchev–Trinajstić information content (AvgIpc) is 3.49. The number of alkyl halides is 2. The molecular weight excluding hydrogens is 487 g/mol. The Hall–Kier alpha value is -3.04. The third-order valence-corrected chi connectivity index (χ3v) is 7.74. The number of aliphatic hydroxyl groups excluding tert-OH is 1. The van der Waals surface area contributed by atoms with Gasteiger partial charge in [-0.05, 0) is 60.7 Å². The molecule has 1 atom stereocenters. The van der Waals surface area contributed by atoms with Crippen LogP contribution in [0.1, 0.15) is 59.6 Å². The number of ketones is 1. The number of nitrogens with zero attached hydrogens (tertiary/aromatic N) is 1. The summed E-state index contributed by atoms with van der Waals surface area (Å²) < 4.78 is 67.8. The van der Waals surface area contributed by atoms with E-state index >= 15 is 4.39 Å². The molecule has 1 aliphatic heterocycles. The second kappa shape index (κ2) is 8.77. The van der Waals surface area contributed by atoms with Crippen LogP contribution in [0.5, 0.6) is 11.5 Å². The summed E-state index contributed by atoms with van der Waals surface area (Å²) in [4.78, 5) is 13.5. The first kappa shape index (κ1) is 23.1. The molecule has 1 fully saturated rings. The fourth-order valence-electron chi connectivity index (χ4n) is 5.06. The molecule has 5 rings (SSSR count). The van der Waals surface area contributed by atoms with Gasteiger partial charge in [0.2, 0.25) is 0 Å². The van der Waals surface area contributed by atoms with E-state index in [1.54, 1.807) is 16.7 Å². The summed E-state index contributed by atoms with van der Waals surface area (Å²) in [5.41, 5.74) is 0.474. The summed E-state index contributed by atoms with van der Waals surface area (Å²) in [6.07, 6.45) is -4.04. The van der Waals surface area contributed by atoms with Crippen molar-refractivity contribution in [2.75, 3.05) is 6.56 Å². The molecule has 2 aromatic carbocycles. The van der Waals surface area contributed by atoms with Gasteiger partial charge in [-0.15, -0.1) is 8.78 Å². The highest BCUT2D eigenvalue weighted by atomic mass is 19.3. The fraction of sp³-hybridized carbons (Fsp3) is 0.464. The number of rotatable bonds is 9. The van der Waals surface area contributed by atoms with Crippen molar-refractivity contribution < 1.29 is 40.4 Å². The lowest BCUT2D eigenvalue weighted by molar-refractivity contribution is -0.286. The first-order valence-corrected chi connectivity index (χ1v) is 12.2. The molecule has 0 spiro atoms. The van der Waals surface area contributed by atoms with E-state index < -0.39 is 35.6 Å². The van der Waals surface area contributed by atoms with Crippen LogP contribution in [0.4, 0.5) is 13.2 Å². The summed E-state index contributed by atoms with van der Waals surface area (Å²) in [7, 11) is 0. The second-order valence-corrected chi connectivity index (χ2v) is 10.5. The molecule has 6 nitrogen and oxygen atoms in total. The van der Waals surface area contributed by atoms with Crippen LogP contribution in [0.25, 0.3) is 10.9 Å². The number of fused-ring (bicyclic) bond motifs is 2. The highest BCUT2D eigenvalue weighted by Gasteiger charge is 2.52. The molecule has 0 bridgehead atoms. The Morgan fingerprint density at radius 1 is 1.19 bits per heavy atom. The Labute approximate surface area is 215 Å². The summed E-state index contributed by atoms with van der Waals surface area (Å²) in [5, 5.41) is 20.5. The average molecular weight is 520 g/mol. The van der Waals surface area contributed by atoms with Crippen molar-refractivity contribution in [3.63, 3.8) is 0 Å². The molecule has 2 N–H and O–H groups in total. The zero-order valence-electron chi connectivity index (χ0n) is 22.8. The first-order valence-electron chi connectivity index (χ1n) is 13.2. The molecule has 0 saturated heterocycles. The van der Waals surface area contributed by atoms with E-state index in [1.165, 1.54) is 18.2 Å². The predicted molar refractivity (Wildman–Crippen MR) is 131 cm³/mol. The number of aromatic nitrogens is 1. The van der Waals surface area contributed by atoms with Gasteiger partial charge in [0.25, 0.3) is 0 Å². The van der Waals surface area contributed by atoms with Crippen molar-refractivity contribution >= 4 is 16.7 Å². The minimum absolute atomic E-state index is 0.113. The molecule has 2 aliphatic rings. The molecule has 1 saturated carbocycles. The molecular formula is C28H30F3NO5. The summed E-state index contributed by atoms with van der Waals surface area (Å²) in [6, 6.07) is 8.94. The van der Waals surface area contributed by atoms with E-state index in [4.69, 9.17) is 2.74 Å². The highest BCUT2D eigenvalue weighted by Crippen LogP contribution is 2.52. The minimum atomic E-state index is -3.77. The van der Waals surface area contributed by atoms with Gasteiger partial charge in [-0.1, -0.05) is 26.8 Å². The molecule has 198 valence electrons. The summed E-state index contributed by atoms with van der Waals surface area (Å²) in [6.45, 7) is 2.77. The summed E-state index contributed by atoms with van der Waals surface area (Å²) in [5.74, 6) is -1.15. The van der Waals surface area contributed by atoms with Gasteiger partial charge >= 0.3 is 6.29 Å². The van der Waals surface area contributed by atoms with Crippen LogP contribution in [-0.4, -0.2) is 39.5 Å². The van der Waals surface area contributed by atoms with Crippen LogP contribution in [0.15, 0.2) is 36.4 Å². The van der Waals surface area contributed by atoms with Crippen molar-refractivity contribution in [3.05, 3.63) is 59.0 Å². The highest BCUT2D eigenvalue weighted by molar-refractivity contribution is 5.95. The molecule has 1 aromatic heterocycles. The molecule has 2 heterocycles. The molecule has 3 aromatic rings. The quantitative estimate of drug-likeness (QED) is 0.417. The lowest BCUT2D eigenvalue weighted by Crippen LogP contribution is -2.26. The van der Waals surface area contributed by atoms with Crippen molar-refractivity contribution in [2.24, 2.45) is 0 Å². The Morgan fingerprint density at radius 3 is 2.54 bits per heavy atom. The zero-order chi connectivity index (χ0) is 28.5. The number of ether oxygens (including phenoxy) is 2. The van der Waals surface area contributed by atoms with Crippen LogP contribution >= 0.6 is 0 Å². The largest absolute Gasteiger partial charge is 0.586 e. The number of carbonyl (C=O) groups is 1. The second-order valence-electron chi connectivity index (χ2n) is 10.5. The van der Waals surface area contributed by atoms with E-state index in [2.05, 4.69) is 9.47 Å². The van der Waals surface area contributed by atoms with Crippen LogP contribution in [-0.2, 0) is 28.6 Å². The number of Topliss-reactive ketones (excluding diaryl/α,β-unsaturated/α-hetero) is 1. The molecule has 37 heavy (non-hydrogen) atoms. The maximum absolute atomic E-state index is 15.4. The number of aliphatic hydroxyl groups is 2. The number of carbonyl (C=O) groups excluding carboxylic acids is 1. The van der Waals surface area contributed by atoms with Gasteiger partial charge in [-0.2, -0.15) is 0 Å². The van der Waals surface area contributed by atoms with Gasteiger partial charge in [0, 0.05) is 22.9 Å². The van der Waals surface area contributed by atoms with Crippen molar-refractivity contribution in [3.8, 4) is 11.5 Å². The van der Waals surface area contributed by atoms with Crippen LogP contribution in [0.3, 0.4) is 0 Å². The Kier molecular flexibility index (Phi) is 5.48. The lowest BCUT2D eigenvalue weighted by Gasteiger charge is -2.26. The van der Waals surface area contributed by atoms with Gasteiger partial charge in [-0.25, -0.2) is 4.39 Å². The van der Waals surface area contributed by atoms with E-state index in [0.717, 1.165) is 5.69 Å². The number of halogens is 3. The Balaban J connectivity index is 1.47. The normalized spacial score (nSPS) is 19.5. The third kappa shape index (κ3) is 4.48. The predicted octanol–water partition coefficient (Wildman–Crippen LogP) is 4.99.